The zero-order valence-electron chi connectivity index (χ0n) is 14.9. The van der Waals surface area contributed by atoms with Crippen LogP contribution in [0.15, 0.2) is 29.6 Å². The Labute approximate surface area is 176 Å². The van der Waals surface area contributed by atoms with Gasteiger partial charge < -0.3 is 10.1 Å². The van der Waals surface area contributed by atoms with Gasteiger partial charge in [-0.2, -0.15) is 0 Å². The molecule has 1 atom stereocenters. The molecule has 0 unspecified atom stereocenters. The van der Waals surface area contributed by atoms with Crippen molar-refractivity contribution in [1.29, 1.82) is 0 Å². The van der Waals surface area contributed by atoms with Gasteiger partial charge in [0.25, 0.3) is 0 Å². The Morgan fingerprint density at radius 2 is 1.81 bits per heavy atom. The Hall–Kier alpha value is -1.27. The average molecular weight is 447 g/mol. The van der Waals surface area contributed by atoms with Crippen LogP contribution in [0.5, 0.6) is 0 Å². The first-order valence-corrected chi connectivity index (χ1v) is 10.3. The van der Waals surface area contributed by atoms with Crippen LogP contribution in [-0.4, -0.2) is 22.3 Å². The lowest BCUT2D eigenvalue weighted by molar-refractivity contribution is -0.120. The highest BCUT2D eigenvalue weighted by Crippen LogP contribution is 2.64. The molecule has 8 heteroatoms. The number of carbonyl (C=O) groups excluding carboxylic acids is 2. The SMILES string of the molecule is CC(C)OC(=O)c1c(-c2ccc(Cl)cc2)csc1NC(=O)[C@@]1(C)CC1(Cl)Cl. The summed E-state index contributed by atoms with van der Waals surface area (Å²) < 4.78 is 4.29. The van der Waals surface area contributed by atoms with Gasteiger partial charge in [-0.25, -0.2) is 4.79 Å². The van der Waals surface area contributed by atoms with Crippen LogP contribution in [0.1, 0.15) is 37.6 Å². The number of thiophene rings is 1. The van der Waals surface area contributed by atoms with Gasteiger partial charge in [0.05, 0.1) is 11.5 Å². The highest BCUT2D eigenvalue weighted by molar-refractivity contribution is 7.15. The van der Waals surface area contributed by atoms with E-state index in [1.165, 1.54) is 11.3 Å². The van der Waals surface area contributed by atoms with Crippen LogP contribution in [0.25, 0.3) is 11.1 Å². The number of carbonyl (C=O) groups is 2. The summed E-state index contributed by atoms with van der Waals surface area (Å²) in [5.74, 6) is -0.828. The molecule has 0 spiro atoms. The van der Waals surface area contributed by atoms with Gasteiger partial charge in [0.1, 0.15) is 14.9 Å². The number of esters is 1. The number of benzene rings is 1. The lowest BCUT2D eigenvalue weighted by atomic mass is 10.0. The fraction of sp³-hybridized carbons (Fsp3) is 0.368. The minimum atomic E-state index is -1.09. The first kappa shape index (κ1) is 20.5. The van der Waals surface area contributed by atoms with Gasteiger partial charge in [-0.15, -0.1) is 34.5 Å². The molecule has 27 heavy (non-hydrogen) atoms. The lowest BCUT2D eigenvalue weighted by Gasteiger charge is -2.14. The molecule has 1 amide bonds. The molecule has 0 aliphatic heterocycles. The molecule has 0 radical (unpaired) electrons. The number of anilines is 1. The topological polar surface area (TPSA) is 55.4 Å². The smallest absolute Gasteiger partial charge is 0.342 e. The third kappa shape index (κ3) is 3.97. The molecule has 144 valence electrons. The van der Waals surface area contributed by atoms with Crippen molar-refractivity contribution in [3.63, 3.8) is 0 Å². The number of rotatable bonds is 5. The summed E-state index contributed by atoms with van der Waals surface area (Å²) in [6.07, 6.45) is 0.0640. The van der Waals surface area contributed by atoms with E-state index in [0.29, 0.717) is 27.6 Å². The van der Waals surface area contributed by atoms with Gasteiger partial charge in [0.15, 0.2) is 0 Å². The summed E-state index contributed by atoms with van der Waals surface area (Å²) in [6.45, 7) is 5.23. The third-order valence-electron chi connectivity index (χ3n) is 4.48. The number of alkyl halides is 2. The highest BCUT2D eigenvalue weighted by Gasteiger charge is 2.68. The third-order valence-corrected chi connectivity index (χ3v) is 6.73. The van der Waals surface area contributed by atoms with Crippen molar-refractivity contribution in [2.24, 2.45) is 5.41 Å². The molecule has 1 saturated carbocycles. The summed E-state index contributed by atoms with van der Waals surface area (Å²) in [5.41, 5.74) is 0.887. The van der Waals surface area contributed by atoms with Gasteiger partial charge in [0, 0.05) is 16.0 Å². The molecule has 1 fully saturated rings. The average Bonchev–Trinajstić information content (AvgIpc) is 2.91. The molecule has 1 heterocycles. The first-order chi connectivity index (χ1) is 12.5. The van der Waals surface area contributed by atoms with Crippen LogP contribution >= 0.6 is 46.1 Å². The van der Waals surface area contributed by atoms with E-state index in [4.69, 9.17) is 39.5 Å². The summed E-state index contributed by atoms with van der Waals surface area (Å²) in [4.78, 5) is 25.4. The van der Waals surface area contributed by atoms with E-state index >= 15 is 0 Å². The maximum atomic E-state index is 12.7. The predicted molar refractivity (Wildman–Crippen MR) is 111 cm³/mol. The van der Waals surface area contributed by atoms with Crippen molar-refractivity contribution in [2.45, 2.75) is 37.6 Å². The predicted octanol–water partition coefficient (Wildman–Crippen LogP) is 6.16. The normalized spacial score (nSPS) is 20.4. The zero-order chi connectivity index (χ0) is 20.0. The van der Waals surface area contributed by atoms with Gasteiger partial charge in [0.2, 0.25) is 5.91 Å². The number of ether oxygens (including phenoxy) is 1. The number of hydrogen-bond donors (Lipinski definition) is 1. The van der Waals surface area contributed by atoms with Crippen molar-refractivity contribution in [3.05, 3.63) is 40.2 Å². The minimum absolute atomic E-state index is 0.293. The van der Waals surface area contributed by atoms with E-state index in [-0.39, 0.29) is 12.0 Å². The van der Waals surface area contributed by atoms with E-state index in [1.807, 2.05) is 12.1 Å². The second-order valence-corrected chi connectivity index (χ2v) is 9.78. The van der Waals surface area contributed by atoms with E-state index in [1.54, 1.807) is 38.3 Å². The first-order valence-electron chi connectivity index (χ1n) is 8.33. The van der Waals surface area contributed by atoms with Crippen LogP contribution in [0.2, 0.25) is 5.02 Å². The molecule has 1 aromatic heterocycles. The Morgan fingerprint density at radius 3 is 2.33 bits per heavy atom. The Balaban J connectivity index is 1.97. The number of hydrogen-bond acceptors (Lipinski definition) is 4. The van der Waals surface area contributed by atoms with Crippen molar-refractivity contribution < 1.29 is 14.3 Å². The zero-order valence-corrected chi connectivity index (χ0v) is 18.0. The summed E-state index contributed by atoms with van der Waals surface area (Å²) >= 11 is 19.4. The molecule has 1 aliphatic rings. The monoisotopic (exact) mass is 445 g/mol. The maximum Gasteiger partial charge on any atom is 0.342 e. The maximum absolute atomic E-state index is 12.7. The van der Waals surface area contributed by atoms with Crippen molar-refractivity contribution in [3.8, 4) is 11.1 Å². The molecule has 1 aliphatic carbocycles. The molecular weight excluding hydrogens is 429 g/mol. The molecule has 2 aromatic rings. The van der Waals surface area contributed by atoms with E-state index < -0.39 is 15.7 Å². The highest BCUT2D eigenvalue weighted by atomic mass is 35.5. The minimum Gasteiger partial charge on any atom is -0.459 e. The quantitative estimate of drug-likeness (QED) is 0.442. The van der Waals surface area contributed by atoms with Crippen molar-refractivity contribution >= 4 is 63.0 Å². The molecule has 1 N–H and O–H groups in total. The fourth-order valence-corrected chi connectivity index (χ4v) is 4.44. The molecule has 3 rings (SSSR count). The second kappa shape index (κ2) is 7.28. The van der Waals surface area contributed by atoms with Gasteiger partial charge in [-0.1, -0.05) is 23.7 Å². The Kier molecular flexibility index (Phi) is 5.52. The van der Waals surface area contributed by atoms with Crippen LogP contribution in [0.4, 0.5) is 5.00 Å². The van der Waals surface area contributed by atoms with Crippen LogP contribution in [0, 0.1) is 5.41 Å². The van der Waals surface area contributed by atoms with Crippen LogP contribution in [-0.2, 0) is 9.53 Å². The molecule has 0 saturated heterocycles. The molecular formula is C19H18Cl3NO3S. The second-order valence-electron chi connectivity index (χ2n) is 6.98. The summed E-state index contributed by atoms with van der Waals surface area (Å²) in [6, 6.07) is 7.11. The Bertz CT molecular complexity index is 892. The molecule has 1 aromatic carbocycles. The summed E-state index contributed by atoms with van der Waals surface area (Å²) in [5, 5.41) is 5.62. The van der Waals surface area contributed by atoms with Gasteiger partial charge >= 0.3 is 5.97 Å². The van der Waals surface area contributed by atoms with Crippen LogP contribution in [0.3, 0.4) is 0 Å². The van der Waals surface area contributed by atoms with E-state index in [0.717, 1.165) is 5.56 Å². The fourth-order valence-electron chi connectivity index (χ4n) is 2.65. The lowest BCUT2D eigenvalue weighted by Crippen LogP contribution is -2.26. The molecule has 0 bridgehead atoms. The van der Waals surface area contributed by atoms with Gasteiger partial charge in [-0.3, -0.25) is 4.79 Å². The standard InChI is InChI=1S/C19H18Cl3NO3S/c1-10(2)26-16(24)14-13(11-4-6-12(20)7-5-11)8-27-15(14)23-17(25)18(3)9-19(18,21)22/h4-8,10H,9H2,1-3H3,(H,23,25)/t18-/m1/s1. The van der Waals surface area contributed by atoms with E-state index in [9.17, 15) is 9.59 Å². The summed E-state index contributed by atoms with van der Waals surface area (Å²) in [7, 11) is 0. The Morgan fingerprint density at radius 1 is 1.22 bits per heavy atom. The van der Waals surface area contributed by atoms with Crippen LogP contribution < -0.4 is 5.32 Å². The number of halogens is 3. The number of amides is 1. The largest absolute Gasteiger partial charge is 0.459 e. The van der Waals surface area contributed by atoms with Gasteiger partial charge in [-0.05, 0) is 44.9 Å². The van der Waals surface area contributed by atoms with E-state index in [2.05, 4.69) is 5.32 Å². The number of nitrogens with one attached hydrogen (secondary N) is 1. The van der Waals surface area contributed by atoms with Crippen molar-refractivity contribution in [2.75, 3.05) is 5.32 Å². The van der Waals surface area contributed by atoms with Crippen molar-refractivity contribution in [1.82, 2.24) is 0 Å². The molecule has 4 nitrogen and oxygen atoms in total.